The van der Waals surface area contributed by atoms with E-state index in [1.807, 2.05) is 24.3 Å². The van der Waals surface area contributed by atoms with Crippen LogP contribution in [0.3, 0.4) is 0 Å². The normalized spacial score (nSPS) is 11.4. The average Bonchev–Trinajstić information content (AvgIpc) is 3.23. The number of benzene rings is 1. The Balaban J connectivity index is 1.77. The summed E-state index contributed by atoms with van der Waals surface area (Å²) in [5.41, 5.74) is 0.677. The number of thiazole rings is 1. The molecule has 1 amide bonds. The van der Waals surface area contributed by atoms with Gasteiger partial charge < -0.3 is 4.74 Å². The number of aromatic amines is 1. The van der Waals surface area contributed by atoms with E-state index in [1.54, 1.807) is 13.3 Å². The number of hydrogen-bond acceptors (Lipinski definition) is 6. The number of anilines is 1. The lowest BCUT2D eigenvalue weighted by molar-refractivity contribution is 0.102. The minimum atomic E-state index is -0.279. The maximum atomic E-state index is 12.4. The van der Waals surface area contributed by atoms with Crippen molar-refractivity contribution in [2.75, 3.05) is 12.4 Å². The summed E-state index contributed by atoms with van der Waals surface area (Å²) >= 11 is 1.37. The van der Waals surface area contributed by atoms with Crippen LogP contribution in [-0.2, 0) is 5.41 Å². The molecule has 3 aromatic rings. The molecular weight excluding hydrogens is 338 g/mol. The molecule has 0 unspecified atom stereocenters. The van der Waals surface area contributed by atoms with Gasteiger partial charge in [0, 0.05) is 5.41 Å². The molecule has 0 saturated heterocycles. The predicted molar refractivity (Wildman–Crippen MR) is 97.1 cm³/mol. The maximum absolute atomic E-state index is 12.4. The van der Waals surface area contributed by atoms with Crippen molar-refractivity contribution in [1.29, 1.82) is 0 Å². The number of carbonyl (C=O) groups excluding carboxylic acids is 1. The van der Waals surface area contributed by atoms with Crippen LogP contribution in [0.15, 0.2) is 30.5 Å². The SMILES string of the molecule is COc1ccccc1-c1nc(NC(=O)c2cnc(C(C)(C)C)s2)n[nH]1. The molecule has 2 N–H and O–H groups in total. The van der Waals surface area contributed by atoms with Gasteiger partial charge in [0.05, 0.1) is 23.9 Å². The molecule has 0 spiro atoms. The third-order valence-electron chi connectivity index (χ3n) is 3.44. The maximum Gasteiger partial charge on any atom is 0.269 e. The summed E-state index contributed by atoms with van der Waals surface area (Å²) in [6, 6.07) is 7.45. The average molecular weight is 357 g/mol. The third-order valence-corrected chi connectivity index (χ3v) is 4.87. The van der Waals surface area contributed by atoms with Gasteiger partial charge in [-0.3, -0.25) is 15.2 Å². The first-order chi connectivity index (χ1) is 11.9. The van der Waals surface area contributed by atoms with Gasteiger partial charge >= 0.3 is 0 Å². The van der Waals surface area contributed by atoms with Gasteiger partial charge in [-0.25, -0.2) is 4.98 Å². The second-order valence-corrected chi connectivity index (χ2v) is 7.47. The Labute approximate surface area is 149 Å². The Hall–Kier alpha value is -2.74. The molecule has 0 aliphatic carbocycles. The number of amides is 1. The van der Waals surface area contributed by atoms with Gasteiger partial charge in [0.15, 0.2) is 5.82 Å². The minimum Gasteiger partial charge on any atom is -0.496 e. The van der Waals surface area contributed by atoms with E-state index in [0.29, 0.717) is 16.5 Å². The number of carbonyl (C=O) groups is 1. The molecule has 130 valence electrons. The number of H-pyrrole nitrogens is 1. The van der Waals surface area contributed by atoms with Crippen molar-refractivity contribution in [1.82, 2.24) is 20.2 Å². The number of hydrogen-bond donors (Lipinski definition) is 2. The largest absolute Gasteiger partial charge is 0.496 e. The lowest BCUT2D eigenvalue weighted by atomic mass is 9.98. The van der Waals surface area contributed by atoms with Crippen molar-refractivity contribution in [3.63, 3.8) is 0 Å². The van der Waals surface area contributed by atoms with Crippen molar-refractivity contribution in [2.24, 2.45) is 0 Å². The second-order valence-electron chi connectivity index (χ2n) is 6.44. The first kappa shape index (κ1) is 17.1. The molecule has 0 saturated carbocycles. The van der Waals surface area contributed by atoms with Gasteiger partial charge in [-0.05, 0) is 12.1 Å². The number of nitrogens with zero attached hydrogens (tertiary/aromatic N) is 3. The molecule has 7 nitrogen and oxygen atoms in total. The van der Waals surface area contributed by atoms with E-state index in [-0.39, 0.29) is 17.3 Å². The lowest BCUT2D eigenvalue weighted by Gasteiger charge is -2.13. The summed E-state index contributed by atoms with van der Waals surface area (Å²) in [5.74, 6) is 1.12. The molecule has 0 atom stereocenters. The smallest absolute Gasteiger partial charge is 0.269 e. The highest BCUT2D eigenvalue weighted by atomic mass is 32.1. The molecule has 0 bridgehead atoms. The molecule has 2 heterocycles. The summed E-state index contributed by atoms with van der Waals surface area (Å²) in [7, 11) is 1.59. The van der Waals surface area contributed by atoms with Crippen LogP contribution in [0.1, 0.15) is 35.5 Å². The van der Waals surface area contributed by atoms with Crippen LogP contribution in [-0.4, -0.2) is 33.2 Å². The summed E-state index contributed by atoms with van der Waals surface area (Å²) < 4.78 is 5.31. The number of para-hydroxylation sites is 1. The van der Waals surface area contributed by atoms with Gasteiger partial charge in [0.1, 0.15) is 10.6 Å². The van der Waals surface area contributed by atoms with Crippen molar-refractivity contribution in [3.05, 3.63) is 40.3 Å². The molecule has 0 radical (unpaired) electrons. The topological polar surface area (TPSA) is 92.8 Å². The van der Waals surface area contributed by atoms with Gasteiger partial charge in [-0.1, -0.05) is 32.9 Å². The fourth-order valence-corrected chi connectivity index (χ4v) is 3.04. The molecule has 2 aromatic heterocycles. The van der Waals surface area contributed by atoms with Crippen LogP contribution in [0.4, 0.5) is 5.95 Å². The standard InChI is InChI=1S/C17H19N5O2S/c1-17(2,3)15-18-9-12(25-15)14(23)20-16-19-13(21-22-16)10-7-5-6-8-11(10)24-4/h5-9H,1-4H3,(H2,19,20,21,22,23). The van der Waals surface area contributed by atoms with Gasteiger partial charge in [0.2, 0.25) is 5.95 Å². The molecule has 8 heteroatoms. The van der Waals surface area contributed by atoms with E-state index < -0.39 is 0 Å². The number of rotatable bonds is 4. The highest BCUT2D eigenvalue weighted by Gasteiger charge is 2.21. The monoisotopic (exact) mass is 357 g/mol. The predicted octanol–water partition coefficient (Wildman–Crippen LogP) is 3.49. The Morgan fingerprint density at radius 2 is 2.04 bits per heavy atom. The first-order valence-electron chi connectivity index (χ1n) is 7.72. The number of methoxy groups -OCH3 is 1. The molecule has 25 heavy (non-hydrogen) atoms. The minimum absolute atomic E-state index is 0.0924. The Morgan fingerprint density at radius 3 is 2.72 bits per heavy atom. The number of ether oxygens (including phenoxy) is 1. The molecule has 0 aliphatic heterocycles. The summed E-state index contributed by atoms with van der Waals surface area (Å²) in [6.45, 7) is 6.17. The Kier molecular flexibility index (Phi) is 4.54. The molecule has 0 fully saturated rings. The Morgan fingerprint density at radius 1 is 1.28 bits per heavy atom. The first-order valence-corrected chi connectivity index (χ1v) is 8.53. The van der Waals surface area contributed by atoms with Crippen molar-refractivity contribution >= 4 is 23.2 Å². The summed E-state index contributed by atoms with van der Waals surface area (Å²) in [5, 5.41) is 10.5. The zero-order chi connectivity index (χ0) is 18.0. The third kappa shape index (κ3) is 3.69. The van der Waals surface area contributed by atoms with Crippen LogP contribution >= 0.6 is 11.3 Å². The van der Waals surface area contributed by atoms with E-state index >= 15 is 0 Å². The van der Waals surface area contributed by atoms with Gasteiger partial charge in [0.25, 0.3) is 5.91 Å². The lowest BCUT2D eigenvalue weighted by Crippen LogP contribution is -2.11. The van der Waals surface area contributed by atoms with Crippen LogP contribution in [0, 0.1) is 0 Å². The van der Waals surface area contributed by atoms with Crippen LogP contribution in [0.5, 0.6) is 5.75 Å². The summed E-state index contributed by atoms with van der Waals surface area (Å²) in [6.07, 6.45) is 1.58. The Bertz CT molecular complexity index is 894. The van der Waals surface area contributed by atoms with E-state index in [9.17, 15) is 4.79 Å². The van der Waals surface area contributed by atoms with E-state index in [4.69, 9.17) is 4.74 Å². The number of nitrogens with one attached hydrogen (secondary N) is 2. The zero-order valence-corrected chi connectivity index (χ0v) is 15.3. The second kappa shape index (κ2) is 6.64. The van der Waals surface area contributed by atoms with E-state index in [1.165, 1.54) is 11.3 Å². The van der Waals surface area contributed by atoms with E-state index in [0.717, 1.165) is 10.6 Å². The number of aromatic nitrogens is 4. The quantitative estimate of drug-likeness (QED) is 0.745. The van der Waals surface area contributed by atoms with Gasteiger partial charge in [-0.2, -0.15) is 4.98 Å². The highest BCUT2D eigenvalue weighted by Crippen LogP contribution is 2.28. The fourth-order valence-electron chi connectivity index (χ4n) is 2.17. The van der Waals surface area contributed by atoms with E-state index in [2.05, 4.69) is 46.3 Å². The van der Waals surface area contributed by atoms with Crippen molar-refractivity contribution in [2.45, 2.75) is 26.2 Å². The summed E-state index contributed by atoms with van der Waals surface area (Å²) in [4.78, 5) is 21.5. The van der Waals surface area contributed by atoms with Crippen LogP contribution < -0.4 is 10.1 Å². The highest BCUT2D eigenvalue weighted by molar-refractivity contribution is 7.13. The van der Waals surface area contributed by atoms with Gasteiger partial charge in [-0.15, -0.1) is 16.4 Å². The molecular formula is C17H19N5O2S. The van der Waals surface area contributed by atoms with Crippen LogP contribution in [0.2, 0.25) is 0 Å². The van der Waals surface area contributed by atoms with Crippen molar-refractivity contribution in [3.8, 4) is 17.1 Å². The molecule has 0 aliphatic rings. The molecule has 3 rings (SSSR count). The molecule has 1 aromatic carbocycles. The fraction of sp³-hybridized carbons (Fsp3) is 0.294. The van der Waals surface area contributed by atoms with Crippen molar-refractivity contribution < 1.29 is 9.53 Å². The van der Waals surface area contributed by atoms with Crippen LogP contribution in [0.25, 0.3) is 11.4 Å². The zero-order valence-electron chi connectivity index (χ0n) is 14.5.